The Bertz CT molecular complexity index is 1610. The van der Waals surface area contributed by atoms with Crippen LogP contribution in [0.3, 0.4) is 0 Å². The molecule has 1 N–H and O–H groups in total. The lowest BCUT2D eigenvalue weighted by Gasteiger charge is -2.38. The fourth-order valence-electron chi connectivity index (χ4n) is 5.23. The van der Waals surface area contributed by atoms with E-state index in [1.807, 2.05) is 35.2 Å². The monoisotopic (exact) mass is 554 g/mol. The predicted octanol–water partition coefficient (Wildman–Crippen LogP) is 4.72. The molecule has 0 radical (unpaired) electrons. The van der Waals surface area contributed by atoms with Crippen molar-refractivity contribution in [3.8, 4) is 23.0 Å². The van der Waals surface area contributed by atoms with Crippen molar-refractivity contribution in [1.29, 1.82) is 0 Å². The van der Waals surface area contributed by atoms with E-state index in [2.05, 4.69) is 15.5 Å². The Labute approximate surface area is 235 Å². The highest BCUT2D eigenvalue weighted by Gasteiger charge is 2.34. The van der Waals surface area contributed by atoms with Crippen LogP contribution in [0.25, 0.3) is 0 Å². The van der Waals surface area contributed by atoms with Gasteiger partial charge in [-0.1, -0.05) is 12.1 Å². The zero-order valence-electron chi connectivity index (χ0n) is 22.3. The van der Waals surface area contributed by atoms with Gasteiger partial charge in [0.15, 0.2) is 11.5 Å². The van der Waals surface area contributed by atoms with Crippen LogP contribution < -0.4 is 19.5 Å². The van der Waals surface area contributed by atoms with Gasteiger partial charge in [0.25, 0.3) is 11.8 Å². The van der Waals surface area contributed by atoms with Crippen molar-refractivity contribution in [1.82, 2.24) is 20.4 Å². The molecule has 41 heavy (non-hydrogen) atoms. The number of hydrogen-bond acceptors (Lipinski definition) is 7. The molecule has 9 nitrogen and oxygen atoms in total. The van der Waals surface area contributed by atoms with E-state index in [0.29, 0.717) is 47.9 Å². The van der Waals surface area contributed by atoms with Crippen molar-refractivity contribution in [3.05, 3.63) is 107 Å². The van der Waals surface area contributed by atoms with Crippen LogP contribution in [-0.4, -0.2) is 53.7 Å². The van der Waals surface area contributed by atoms with E-state index in [1.54, 1.807) is 19.2 Å². The van der Waals surface area contributed by atoms with E-state index in [1.165, 1.54) is 30.6 Å². The Hall–Kier alpha value is -4.99. The van der Waals surface area contributed by atoms with Crippen molar-refractivity contribution >= 4 is 11.8 Å². The number of halogens is 1. The number of amides is 2. The first-order valence-electron chi connectivity index (χ1n) is 13.3. The number of methoxy groups -OCH3 is 1. The van der Waals surface area contributed by atoms with Gasteiger partial charge in [-0.05, 0) is 78.1 Å². The Morgan fingerprint density at radius 1 is 1.07 bits per heavy atom. The van der Waals surface area contributed by atoms with Crippen molar-refractivity contribution in [2.24, 2.45) is 0 Å². The lowest BCUT2D eigenvalue weighted by molar-refractivity contribution is 0.0693. The number of carbonyl (C=O) groups is 2. The largest absolute Gasteiger partial charge is 0.493 e. The maximum absolute atomic E-state index is 14.5. The molecule has 2 amide bonds. The molecule has 0 saturated heterocycles. The van der Waals surface area contributed by atoms with Gasteiger partial charge < -0.3 is 24.4 Å². The van der Waals surface area contributed by atoms with Crippen molar-refractivity contribution in [2.75, 3.05) is 26.8 Å². The first-order chi connectivity index (χ1) is 20.0. The number of rotatable bonds is 2. The smallest absolute Gasteiger partial charge is 0.256 e. The summed E-state index contributed by atoms with van der Waals surface area (Å²) < 4.78 is 32.2. The number of carbonyl (C=O) groups excluding carboxylic acids is 2. The maximum atomic E-state index is 14.5. The van der Waals surface area contributed by atoms with Gasteiger partial charge in [-0.25, -0.2) is 4.39 Å². The molecule has 10 heteroatoms. The third-order valence-corrected chi connectivity index (χ3v) is 7.22. The lowest BCUT2D eigenvalue weighted by atomic mass is 9.87. The minimum Gasteiger partial charge on any atom is -0.493 e. The van der Waals surface area contributed by atoms with Gasteiger partial charge >= 0.3 is 0 Å². The number of nitrogens with one attached hydrogen (secondary N) is 1. The van der Waals surface area contributed by atoms with Crippen molar-refractivity contribution in [2.45, 2.75) is 18.9 Å². The number of nitrogens with zero attached hydrogens (tertiary/aromatic N) is 3. The van der Waals surface area contributed by atoms with E-state index < -0.39 is 17.8 Å². The number of ether oxygens (including phenoxy) is 3. The molecule has 0 saturated carbocycles. The van der Waals surface area contributed by atoms with E-state index in [4.69, 9.17) is 14.2 Å². The van der Waals surface area contributed by atoms with Gasteiger partial charge in [0.1, 0.15) is 17.3 Å². The zero-order valence-corrected chi connectivity index (χ0v) is 22.3. The molecule has 8 bridgehead atoms. The summed E-state index contributed by atoms with van der Waals surface area (Å²) in [4.78, 5) is 28.2. The maximum Gasteiger partial charge on any atom is 0.256 e. The van der Waals surface area contributed by atoms with Gasteiger partial charge in [0, 0.05) is 13.1 Å². The summed E-state index contributed by atoms with van der Waals surface area (Å²) in [5.41, 5.74) is 3.14. The summed E-state index contributed by atoms with van der Waals surface area (Å²) in [7, 11) is 1.56. The van der Waals surface area contributed by atoms with Gasteiger partial charge in [-0.3, -0.25) is 9.59 Å². The molecule has 3 aliphatic rings. The minimum absolute atomic E-state index is 0.100. The summed E-state index contributed by atoms with van der Waals surface area (Å²) in [5, 5.41) is 10.4. The summed E-state index contributed by atoms with van der Waals surface area (Å²) in [5.74, 6) is 0.614. The highest BCUT2D eigenvalue weighted by molar-refractivity contribution is 5.95. The van der Waals surface area contributed by atoms with Gasteiger partial charge in [-0.2, -0.15) is 10.2 Å². The van der Waals surface area contributed by atoms with Crippen LogP contribution in [0.2, 0.25) is 0 Å². The molecule has 0 spiro atoms. The van der Waals surface area contributed by atoms with E-state index in [9.17, 15) is 14.0 Å². The second kappa shape index (κ2) is 11.2. The Balaban J connectivity index is 1.46. The highest BCUT2D eigenvalue weighted by atomic mass is 19.1. The minimum atomic E-state index is -0.635. The molecular weight excluding hydrogens is 527 g/mol. The average molecular weight is 555 g/mol. The molecule has 3 aromatic carbocycles. The summed E-state index contributed by atoms with van der Waals surface area (Å²) in [6, 6.07) is 16.6. The van der Waals surface area contributed by atoms with Crippen molar-refractivity contribution in [3.63, 3.8) is 0 Å². The quantitative estimate of drug-likeness (QED) is 0.383. The van der Waals surface area contributed by atoms with Crippen LogP contribution in [-0.2, 0) is 6.42 Å². The summed E-state index contributed by atoms with van der Waals surface area (Å²) in [6.45, 7) is 1.01. The summed E-state index contributed by atoms with van der Waals surface area (Å²) in [6.07, 6.45) is 4.03. The molecule has 1 atom stereocenters. The number of fused-ring (bicyclic) bond motifs is 6. The van der Waals surface area contributed by atoms with E-state index in [-0.39, 0.29) is 24.6 Å². The first-order valence-corrected chi connectivity index (χ1v) is 13.3. The SMILES string of the molecule is COc1ccc2cc1OCCCNC(=O)c1cc(ccc1F)Oc1ccc3c(c1)CCN(C(=O)c1ccnnc1)C23. The topological polar surface area (TPSA) is 103 Å². The average Bonchev–Trinajstić information content (AvgIpc) is 3.00. The van der Waals surface area contributed by atoms with Crippen LogP contribution in [0.1, 0.15) is 49.9 Å². The molecule has 208 valence electrons. The third-order valence-electron chi connectivity index (χ3n) is 7.22. The highest BCUT2D eigenvalue weighted by Crippen LogP contribution is 2.41. The van der Waals surface area contributed by atoms with Crippen molar-refractivity contribution < 1.29 is 28.2 Å². The van der Waals surface area contributed by atoms with E-state index in [0.717, 1.165) is 16.7 Å². The van der Waals surface area contributed by atoms with Gasteiger partial charge in [0.05, 0.1) is 43.3 Å². The fraction of sp³-hybridized carbons (Fsp3) is 0.226. The van der Waals surface area contributed by atoms with Gasteiger partial charge in [-0.15, -0.1) is 0 Å². The molecule has 1 unspecified atom stereocenters. The van der Waals surface area contributed by atoms with Gasteiger partial charge in [0.2, 0.25) is 0 Å². The molecule has 4 heterocycles. The van der Waals surface area contributed by atoms with Crippen LogP contribution >= 0.6 is 0 Å². The molecule has 0 aliphatic carbocycles. The standard InChI is InChI=1S/C31H27FN4O5/c1-39-27-8-3-20-16-28(27)40-14-2-11-33-30(37)25-17-23(5-7-26(25)32)41-22-4-6-24-19(15-22)10-13-36(29(20)24)31(38)21-9-12-34-35-18-21/h3-9,12,15-18,29H,2,10-11,13-14H2,1H3,(H,33,37). The van der Waals surface area contributed by atoms with Crippen LogP contribution in [0.15, 0.2) is 73.1 Å². The normalized spacial score (nSPS) is 16.5. The molecule has 4 aromatic rings. The second-order valence-corrected chi connectivity index (χ2v) is 9.75. The van der Waals surface area contributed by atoms with Crippen LogP contribution in [0.4, 0.5) is 4.39 Å². The van der Waals surface area contributed by atoms with Crippen LogP contribution in [0, 0.1) is 5.82 Å². The number of benzene rings is 3. The number of aromatic nitrogens is 2. The Morgan fingerprint density at radius 3 is 2.76 bits per heavy atom. The first kappa shape index (κ1) is 26.2. The number of hydrogen-bond donors (Lipinski definition) is 1. The second-order valence-electron chi connectivity index (χ2n) is 9.75. The van der Waals surface area contributed by atoms with Crippen LogP contribution in [0.5, 0.6) is 23.0 Å². The molecule has 1 aromatic heterocycles. The van der Waals surface area contributed by atoms with E-state index >= 15 is 0 Å². The Morgan fingerprint density at radius 2 is 1.93 bits per heavy atom. The summed E-state index contributed by atoms with van der Waals surface area (Å²) >= 11 is 0. The third kappa shape index (κ3) is 5.28. The molecule has 0 fully saturated rings. The lowest BCUT2D eigenvalue weighted by Crippen LogP contribution is -2.40. The fourth-order valence-corrected chi connectivity index (χ4v) is 5.23. The molecule has 7 rings (SSSR count). The molecule has 3 aliphatic heterocycles. The molecular formula is C31H27FN4O5. The Kier molecular flexibility index (Phi) is 7.20. The zero-order chi connectivity index (χ0) is 28.3. The predicted molar refractivity (Wildman–Crippen MR) is 147 cm³/mol.